The van der Waals surface area contributed by atoms with Crippen molar-refractivity contribution >= 4 is 17.5 Å². The van der Waals surface area contributed by atoms with Crippen LogP contribution in [-0.2, 0) is 0 Å². The molecule has 0 saturated heterocycles. The van der Waals surface area contributed by atoms with E-state index in [1.165, 1.54) is 31.0 Å². The summed E-state index contributed by atoms with van der Waals surface area (Å²) in [5.41, 5.74) is 0.627. The topological polar surface area (TPSA) is 76.7 Å². The van der Waals surface area contributed by atoms with E-state index in [0.717, 1.165) is 29.6 Å². The summed E-state index contributed by atoms with van der Waals surface area (Å²) >= 11 is 1.44. The second-order valence-electron chi connectivity index (χ2n) is 6.24. The van der Waals surface area contributed by atoms with Gasteiger partial charge >= 0.3 is 0 Å². The Labute approximate surface area is 150 Å². The number of H-pyrrole nitrogens is 1. The second-order valence-corrected chi connectivity index (χ2v) is 7.18. The Morgan fingerprint density at radius 2 is 2.12 bits per heavy atom. The van der Waals surface area contributed by atoms with Gasteiger partial charge in [0.25, 0.3) is 0 Å². The van der Waals surface area contributed by atoms with E-state index in [4.69, 9.17) is 4.42 Å². The van der Waals surface area contributed by atoms with Gasteiger partial charge in [-0.2, -0.15) is 0 Å². The third kappa shape index (κ3) is 3.42. The number of ketones is 1. The van der Waals surface area contributed by atoms with Gasteiger partial charge in [-0.1, -0.05) is 31.0 Å². The van der Waals surface area contributed by atoms with Crippen LogP contribution in [0.4, 0.5) is 0 Å². The van der Waals surface area contributed by atoms with Crippen LogP contribution in [0.2, 0.25) is 0 Å². The minimum Gasteiger partial charge on any atom is -0.461 e. The minimum atomic E-state index is 0.0627. The van der Waals surface area contributed by atoms with Crippen molar-refractivity contribution < 1.29 is 9.21 Å². The first-order valence-electron chi connectivity index (χ1n) is 8.61. The number of thioether (sulfide) groups is 1. The Kier molecular flexibility index (Phi) is 4.74. The van der Waals surface area contributed by atoms with Gasteiger partial charge in [-0.15, -0.1) is 10.2 Å². The molecule has 1 N–H and O–H groups in total. The van der Waals surface area contributed by atoms with Gasteiger partial charge < -0.3 is 9.40 Å². The van der Waals surface area contributed by atoms with Gasteiger partial charge in [0.1, 0.15) is 0 Å². The smallest absolute Gasteiger partial charge is 0.200 e. The van der Waals surface area contributed by atoms with Crippen molar-refractivity contribution in [3.05, 3.63) is 42.4 Å². The van der Waals surface area contributed by atoms with Gasteiger partial charge in [0.2, 0.25) is 5.82 Å². The van der Waals surface area contributed by atoms with E-state index in [9.17, 15) is 4.79 Å². The lowest BCUT2D eigenvalue weighted by Crippen LogP contribution is -2.15. The van der Waals surface area contributed by atoms with Gasteiger partial charge in [-0.05, 0) is 37.1 Å². The number of nitrogens with one attached hydrogen (secondary N) is 1. The number of aromatic amines is 1. The molecule has 4 rings (SSSR count). The molecule has 1 aliphatic carbocycles. The predicted molar refractivity (Wildman–Crippen MR) is 95.7 cm³/mol. The molecule has 3 aromatic heterocycles. The summed E-state index contributed by atoms with van der Waals surface area (Å²) in [6.07, 6.45) is 9.35. The highest BCUT2D eigenvalue weighted by atomic mass is 32.2. The van der Waals surface area contributed by atoms with Crippen molar-refractivity contribution in [2.24, 2.45) is 0 Å². The van der Waals surface area contributed by atoms with E-state index in [0.29, 0.717) is 17.5 Å². The summed E-state index contributed by atoms with van der Waals surface area (Å²) in [5.74, 6) is 1.88. The molecule has 25 heavy (non-hydrogen) atoms. The standard InChI is InChI=1S/C18H20N4O2S/c23-15(14-8-4-10-19-14)12-25-18-21-20-17(16-9-5-11-24-16)22(18)13-6-2-1-3-7-13/h4-5,8-11,13,19H,1-3,6-7,12H2. The Morgan fingerprint density at radius 1 is 1.24 bits per heavy atom. The number of furan rings is 1. The number of rotatable bonds is 6. The molecule has 0 amide bonds. The molecule has 0 aliphatic heterocycles. The zero-order valence-corrected chi connectivity index (χ0v) is 14.7. The fourth-order valence-corrected chi connectivity index (χ4v) is 4.22. The van der Waals surface area contributed by atoms with Crippen LogP contribution < -0.4 is 0 Å². The fraction of sp³-hybridized carbons (Fsp3) is 0.389. The van der Waals surface area contributed by atoms with Crippen molar-refractivity contribution in [1.82, 2.24) is 19.7 Å². The van der Waals surface area contributed by atoms with Crippen molar-refractivity contribution in [2.45, 2.75) is 43.3 Å². The summed E-state index contributed by atoms with van der Waals surface area (Å²) in [4.78, 5) is 15.2. The zero-order chi connectivity index (χ0) is 17.1. The van der Waals surface area contributed by atoms with Crippen LogP contribution in [0.15, 0.2) is 46.3 Å². The maximum atomic E-state index is 12.3. The molecule has 1 aliphatic rings. The van der Waals surface area contributed by atoms with Crippen LogP contribution in [-0.4, -0.2) is 31.3 Å². The summed E-state index contributed by atoms with van der Waals surface area (Å²) < 4.78 is 7.72. The second kappa shape index (κ2) is 7.31. The van der Waals surface area contributed by atoms with Crippen LogP contribution in [0, 0.1) is 0 Å². The van der Waals surface area contributed by atoms with E-state index < -0.39 is 0 Å². The highest BCUT2D eigenvalue weighted by Gasteiger charge is 2.25. The highest BCUT2D eigenvalue weighted by molar-refractivity contribution is 7.99. The molecule has 7 heteroatoms. The van der Waals surface area contributed by atoms with Crippen molar-refractivity contribution in [3.63, 3.8) is 0 Å². The monoisotopic (exact) mass is 356 g/mol. The van der Waals surface area contributed by atoms with Gasteiger partial charge in [0, 0.05) is 12.2 Å². The largest absolute Gasteiger partial charge is 0.461 e. The Morgan fingerprint density at radius 3 is 2.84 bits per heavy atom. The normalized spacial score (nSPS) is 15.5. The molecule has 130 valence electrons. The Hall–Kier alpha value is -2.28. The van der Waals surface area contributed by atoms with Gasteiger partial charge in [-0.3, -0.25) is 9.36 Å². The molecule has 0 atom stereocenters. The SMILES string of the molecule is O=C(CSc1nnc(-c2ccco2)n1C1CCCCC1)c1ccc[nH]1. The predicted octanol–water partition coefficient (Wildman–Crippen LogP) is 4.35. The zero-order valence-electron chi connectivity index (χ0n) is 13.9. The molecular weight excluding hydrogens is 336 g/mol. The fourth-order valence-electron chi connectivity index (χ4n) is 3.33. The molecule has 0 aromatic carbocycles. The van der Waals surface area contributed by atoms with Crippen LogP contribution in [0.3, 0.4) is 0 Å². The third-order valence-corrected chi connectivity index (χ3v) is 5.52. The first-order valence-corrected chi connectivity index (χ1v) is 9.59. The number of aromatic nitrogens is 4. The molecule has 0 spiro atoms. The van der Waals surface area contributed by atoms with Crippen LogP contribution in [0.25, 0.3) is 11.6 Å². The average Bonchev–Trinajstić information content (AvgIpc) is 3.41. The van der Waals surface area contributed by atoms with Crippen LogP contribution in [0.1, 0.15) is 48.6 Å². The Bertz CT molecular complexity index is 818. The van der Waals surface area contributed by atoms with E-state index >= 15 is 0 Å². The van der Waals surface area contributed by atoms with E-state index in [1.54, 1.807) is 18.5 Å². The average molecular weight is 356 g/mol. The van der Waals surface area contributed by atoms with E-state index in [2.05, 4.69) is 19.7 Å². The maximum Gasteiger partial charge on any atom is 0.200 e. The molecule has 0 unspecified atom stereocenters. The number of hydrogen-bond donors (Lipinski definition) is 1. The molecule has 1 saturated carbocycles. The van der Waals surface area contributed by atoms with Gasteiger partial charge in [0.15, 0.2) is 16.7 Å². The molecule has 3 aromatic rings. The molecule has 3 heterocycles. The first kappa shape index (κ1) is 16.2. The third-order valence-electron chi connectivity index (χ3n) is 4.58. The van der Waals surface area contributed by atoms with E-state index in [1.807, 2.05) is 18.2 Å². The van der Waals surface area contributed by atoms with Crippen molar-refractivity contribution in [1.29, 1.82) is 0 Å². The summed E-state index contributed by atoms with van der Waals surface area (Å²) in [6, 6.07) is 7.76. The molecule has 1 fully saturated rings. The number of hydrogen-bond acceptors (Lipinski definition) is 5. The molecular formula is C18H20N4O2S. The number of carbonyl (C=O) groups is 1. The van der Waals surface area contributed by atoms with Gasteiger partial charge in [-0.25, -0.2) is 0 Å². The number of nitrogens with zero attached hydrogens (tertiary/aromatic N) is 3. The quantitative estimate of drug-likeness (QED) is 0.525. The summed E-state index contributed by atoms with van der Waals surface area (Å²) in [5, 5.41) is 9.50. The van der Waals surface area contributed by atoms with Gasteiger partial charge in [0.05, 0.1) is 17.7 Å². The summed E-state index contributed by atoms with van der Waals surface area (Å²) in [7, 11) is 0. The van der Waals surface area contributed by atoms with E-state index in [-0.39, 0.29) is 5.78 Å². The number of carbonyl (C=O) groups excluding carboxylic acids is 1. The highest BCUT2D eigenvalue weighted by Crippen LogP contribution is 2.35. The van der Waals surface area contributed by atoms with Crippen LogP contribution in [0.5, 0.6) is 0 Å². The van der Waals surface area contributed by atoms with Crippen molar-refractivity contribution in [2.75, 3.05) is 5.75 Å². The van der Waals surface area contributed by atoms with Crippen molar-refractivity contribution in [3.8, 4) is 11.6 Å². The molecule has 6 nitrogen and oxygen atoms in total. The minimum absolute atomic E-state index is 0.0627. The lowest BCUT2D eigenvalue weighted by Gasteiger charge is -2.25. The molecule has 0 radical (unpaired) electrons. The lowest BCUT2D eigenvalue weighted by atomic mass is 9.95. The van der Waals surface area contributed by atoms with Crippen LogP contribution >= 0.6 is 11.8 Å². The molecule has 0 bridgehead atoms. The summed E-state index contributed by atoms with van der Waals surface area (Å²) in [6.45, 7) is 0. The lowest BCUT2D eigenvalue weighted by molar-refractivity contribution is 0.101. The first-order chi connectivity index (χ1) is 12.3. The maximum absolute atomic E-state index is 12.3. The number of Topliss-reactive ketones (excluding diaryl/α,β-unsaturated/α-hetero) is 1. The Balaban J connectivity index is 1.59.